The number of methoxy groups -OCH3 is 1. The predicted octanol–water partition coefficient (Wildman–Crippen LogP) is 1.83. The quantitative estimate of drug-likeness (QED) is 0.799. The highest BCUT2D eigenvalue weighted by atomic mass is 16.5. The molecule has 2 rings (SSSR count). The topological polar surface area (TPSA) is 59.2 Å². The van der Waals surface area contributed by atoms with Crippen LogP contribution in [0.4, 0.5) is 0 Å². The zero-order valence-electron chi connectivity index (χ0n) is 9.27. The van der Waals surface area contributed by atoms with Crippen molar-refractivity contribution in [3.63, 3.8) is 0 Å². The molecule has 0 aliphatic heterocycles. The van der Waals surface area contributed by atoms with Gasteiger partial charge in [0.25, 0.3) is 5.56 Å². The van der Waals surface area contributed by atoms with Crippen molar-refractivity contribution >= 4 is 5.97 Å². The van der Waals surface area contributed by atoms with Crippen molar-refractivity contribution in [3.05, 3.63) is 58.5 Å². The largest absolute Gasteiger partial charge is 0.465 e. The Bertz CT molecular complexity index is 587. The number of aromatic amines is 1. The van der Waals surface area contributed by atoms with Crippen LogP contribution in [-0.4, -0.2) is 18.1 Å². The maximum Gasteiger partial charge on any atom is 0.339 e. The molecule has 0 saturated heterocycles. The summed E-state index contributed by atoms with van der Waals surface area (Å²) in [7, 11) is 1.30. The number of H-pyrrole nitrogens is 1. The molecule has 0 aliphatic carbocycles. The lowest BCUT2D eigenvalue weighted by Crippen LogP contribution is -2.12. The van der Waals surface area contributed by atoms with Gasteiger partial charge in [0, 0.05) is 11.8 Å². The summed E-state index contributed by atoms with van der Waals surface area (Å²) in [6, 6.07) is 10.7. The first kappa shape index (κ1) is 11.1. The summed E-state index contributed by atoms with van der Waals surface area (Å²) in [6.07, 6.45) is 1.35. The molecule has 0 fully saturated rings. The molecule has 0 spiro atoms. The monoisotopic (exact) mass is 229 g/mol. The number of esters is 1. The Morgan fingerprint density at radius 2 is 1.94 bits per heavy atom. The lowest BCUT2D eigenvalue weighted by atomic mass is 10.1. The van der Waals surface area contributed by atoms with E-state index < -0.39 is 5.97 Å². The summed E-state index contributed by atoms with van der Waals surface area (Å²) in [5.41, 5.74) is 1.31. The molecule has 17 heavy (non-hydrogen) atoms. The molecule has 0 atom stereocenters. The first-order chi connectivity index (χ1) is 8.22. The number of pyridine rings is 1. The van der Waals surface area contributed by atoms with E-state index in [4.69, 9.17) is 0 Å². The Hall–Kier alpha value is -2.36. The van der Waals surface area contributed by atoms with Crippen LogP contribution in [0, 0.1) is 0 Å². The van der Waals surface area contributed by atoms with E-state index in [1.54, 1.807) is 0 Å². The molecule has 4 heteroatoms. The molecule has 0 unspecified atom stereocenters. The van der Waals surface area contributed by atoms with Crippen LogP contribution < -0.4 is 5.56 Å². The minimum atomic E-state index is -0.474. The first-order valence-corrected chi connectivity index (χ1v) is 5.09. The molecule has 0 saturated carbocycles. The standard InChI is InChI=1S/C13H11NO3/c1-17-13(16)10-7-11(12(15)14-8-10)9-5-3-2-4-6-9/h2-8H,1H3,(H,14,15). The molecule has 4 nitrogen and oxygen atoms in total. The van der Waals surface area contributed by atoms with E-state index in [1.165, 1.54) is 19.4 Å². The van der Waals surface area contributed by atoms with E-state index in [0.29, 0.717) is 11.1 Å². The Labute approximate surface area is 97.9 Å². The third kappa shape index (κ3) is 2.25. The lowest BCUT2D eigenvalue weighted by molar-refractivity contribution is 0.0600. The van der Waals surface area contributed by atoms with Gasteiger partial charge in [-0.3, -0.25) is 4.79 Å². The van der Waals surface area contributed by atoms with Crippen LogP contribution in [0.15, 0.2) is 47.4 Å². The SMILES string of the molecule is COC(=O)c1c[nH]c(=O)c(-c2ccccc2)c1. The number of rotatable bonds is 2. The van der Waals surface area contributed by atoms with Gasteiger partial charge < -0.3 is 9.72 Å². The van der Waals surface area contributed by atoms with Crippen molar-refractivity contribution in [2.24, 2.45) is 0 Å². The van der Waals surface area contributed by atoms with E-state index in [-0.39, 0.29) is 5.56 Å². The summed E-state index contributed by atoms with van der Waals surface area (Å²) < 4.78 is 4.61. The molecular formula is C13H11NO3. The molecule has 1 N–H and O–H groups in total. The highest BCUT2D eigenvalue weighted by Crippen LogP contribution is 2.15. The minimum Gasteiger partial charge on any atom is -0.465 e. The predicted molar refractivity (Wildman–Crippen MR) is 63.8 cm³/mol. The second-order valence-corrected chi connectivity index (χ2v) is 3.49. The third-order valence-electron chi connectivity index (χ3n) is 2.41. The Morgan fingerprint density at radius 3 is 2.59 bits per heavy atom. The number of hydrogen-bond donors (Lipinski definition) is 1. The van der Waals surface area contributed by atoms with Crippen LogP contribution in [0.2, 0.25) is 0 Å². The van der Waals surface area contributed by atoms with E-state index >= 15 is 0 Å². The smallest absolute Gasteiger partial charge is 0.339 e. The second kappa shape index (κ2) is 4.65. The molecule has 1 aromatic heterocycles. The number of carbonyl (C=O) groups excluding carboxylic acids is 1. The highest BCUT2D eigenvalue weighted by molar-refractivity contribution is 5.90. The van der Waals surface area contributed by atoms with Crippen molar-refractivity contribution in [2.45, 2.75) is 0 Å². The number of carbonyl (C=O) groups is 1. The summed E-state index contributed by atoms with van der Waals surface area (Å²) in [4.78, 5) is 25.6. The molecule has 2 aromatic rings. The van der Waals surface area contributed by atoms with Crippen LogP contribution in [0.3, 0.4) is 0 Å². The van der Waals surface area contributed by atoms with Crippen molar-refractivity contribution < 1.29 is 9.53 Å². The molecule has 0 radical (unpaired) electrons. The van der Waals surface area contributed by atoms with Gasteiger partial charge in [-0.15, -0.1) is 0 Å². The van der Waals surface area contributed by atoms with Crippen molar-refractivity contribution in [1.82, 2.24) is 4.98 Å². The van der Waals surface area contributed by atoms with Crippen molar-refractivity contribution in [1.29, 1.82) is 0 Å². The zero-order chi connectivity index (χ0) is 12.3. The van der Waals surface area contributed by atoms with Crippen molar-refractivity contribution in [3.8, 4) is 11.1 Å². The van der Waals surface area contributed by atoms with Crippen LogP contribution in [0.1, 0.15) is 10.4 Å². The van der Waals surface area contributed by atoms with Gasteiger partial charge in [0.2, 0.25) is 0 Å². The van der Waals surface area contributed by atoms with Gasteiger partial charge in [0.15, 0.2) is 0 Å². The third-order valence-corrected chi connectivity index (χ3v) is 2.41. The number of nitrogens with one attached hydrogen (secondary N) is 1. The zero-order valence-corrected chi connectivity index (χ0v) is 9.27. The Balaban J connectivity index is 2.55. The van der Waals surface area contributed by atoms with Gasteiger partial charge in [-0.1, -0.05) is 30.3 Å². The first-order valence-electron chi connectivity index (χ1n) is 5.09. The molecule has 1 aromatic carbocycles. The molecule has 0 aliphatic rings. The van der Waals surface area contributed by atoms with Crippen LogP contribution in [0.5, 0.6) is 0 Å². The number of benzene rings is 1. The Morgan fingerprint density at radius 1 is 1.24 bits per heavy atom. The normalized spacial score (nSPS) is 9.94. The molecule has 86 valence electrons. The van der Waals surface area contributed by atoms with Gasteiger partial charge in [0.05, 0.1) is 12.7 Å². The summed E-state index contributed by atoms with van der Waals surface area (Å²) in [6.45, 7) is 0. The van der Waals surface area contributed by atoms with Crippen LogP contribution >= 0.6 is 0 Å². The van der Waals surface area contributed by atoms with Crippen LogP contribution in [-0.2, 0) is 4.74 Å². The lowest BCUT2D eigenvalue weighted by Gasteiger charge is -2.03. The van der Waals surface area contributed by atoms with E-state index in [2.05, 4.69) is 9.72 Å². The maximum absolute atomic E-state index is 11.7. The van der Waals surface area contributed by atoms with Gasteiger partial charge in [0.1, 0.15) is 0 Å². The van der Waals surface area contributed by atoms with Gasteiger partial charge in [-0.05, 0) is 11.6 Å². The number of ether oxygens (including phenoxy) is 1. The van der Waals surface area contributed by atoms with E-state index in [1.807, 2.05) is 30.3 Å². The molecule has 0 bridgehead atoms. The summed E-state index contributed by atoms with van der Waals surface area (Å²) in [5, 5.41) is 0. The minimum absolute atomic E-state index is 0.233. The molecule has 0 amide bonds. The fourth-order valence-electron chi connectivity index (χ4n) is 1.55. The van der Waals surface area contributed by atoms with E-state index in [9.17, 15) is 9.59 Å². The average molecular weight is 229 g/mol. The average Bonchev–Trinajstić information content (AvgIpc) is 2.39. The van der Waals surface area contributed by atoms with Gasteiger partial charge in [-0.25, -0.2) is 4.79 Å². The Kier molecular flexibility index (Phi) is 3.05. The fourth-order valence-corrected chi connectivity index (χ4v) is 1.55. The molecular weight excluding hydrogens is 218 g/mol. The van der Waals surface area contributed by atoms with Crippen molar-refractivity contribution in [2.75, 3.05) is 7.11 Å². The van der Waals surface area contributed by atoms with Gasteiger partial charge >= 0.3 is 5.97 Å². The summed E-state index contributed by atoms with van der Waals surface area (Å²) >= 11 is 0. The second-order valence-electron chi connectivity index (χ2n) is 3.49. The highest BCUT2D eigenvalue weighted by Gasteiger charge is 2.09. The van der Waals surface area contributed by atoms with Gasteiger partial charge in [-0.2, -0.15) is 0 Å². The van der Waals surface area contributed by atoms with Crippen LogP contribution in [0.25, 0.3) is 11.1 Å². The summed E-state index contributed by atoms with van der Waals surface area (Å²) in [5.74, 6) is -0.474. The fraction of sp³-hybridized carbons (Fsp3) is 0.0769. The number of aromatic nitrogens is 1. The molecule has 1 heterocycles. The maximum atomic E-state index is 11.7. The van der Waals surface area contributed by atoms with E-state index in [0.717, 1.165) is 5.56 Å². The number of hydrogen-bond acceptors (Lipinski definition) is 3.